The van der Waals surface area contributed by atoms with Gasteiger partial charge in [-0.3, -0.25) is 4.98 Å². The second-order valence-corrected chi connectivity index (χ2v) is 4.65. The van der Waals surface area contributed by atoms with Crippen LogP contribution in [0.2, 0.25) is 10.3 Å². The molecule has 0 amide bonds. The molecule has 0 fully saturated rings. The summed E-state index contributed by atoms with van der Waals surface area (Å²) in [6, 6.07) is 7.24. The number of anilines is 3. The molecule has 6 nitrogen and oxygen atoms in total. The number of hydrogen-bond acceptors (Lipinski definition) is 6. The largest absolute Gasteiger partial charge is 0.368 e. The number of pyridine rings is 1. The summed E-state index contributed by atoms with van der Waals surface area (Å²) in [6.45, 7) is 0. The van der Waals surface area contributed by atoms with Crippen molar-refractivity contribution < 1.29 is 0 Å². The van der Waals surface area contributed by atoms with E-state index >= 15 is 0 Å². The number of nitrogens with two attached hydrogens (primary N) is 1. The minimum atomic E-state index is 0.0197. The van der Waals surface area contributed by atoms with Gasteiger partial charge in [-0.1, -0.05) is 11.6 Å². The van der Waals surface area contributed by atoms with Crippen LogP contribution in [-0.2, 0) is 0 Å². The van der Waals surface area contributed by atoms with E-state index in [4.69, 9.17) is 28.9 Å². The molecular weight excluding hydrogens is 299 g/mol. The van der Waals surface area contributed by atoms with Crippen LogP contribution in [-0.4, -0.2) is 19.9 Å². The molecule has 3 N–H and O–H groups in total. The second-order valence-electron chi connectivity index (χ2n) is 3.91. The molecule has 3 aromatic rings. The molecule has 2 aromatic heterocycles. The van der Waals surface area contributed by atoms with Gasteiger partial charge in [0.25, 0.3) is 0 Å². The van der Waals surface area contributed by atoms with E-state index in [9.17, 15) is 0 Å². The highest BCUT2D eigenvalue weighted by molar-refractivity contribution is 6.35. The van der Waals surface area contributed by atoms with Gasteiger partial charge in [0.1, 0.15) is 0 Å². The monoisotopic (exact) mass is 306 g/mol. The molecule has 0 unspecified atom stereocenters. The lowest BCUT2D eigenvalue weighted by molar-refractivity contribution is 1.07. The Balaban J connectivity index is 2.09. The van der Waals surface area contributed by atoms with Gasteiger partial charge in [0.05, 0.1) is 16.2 Å². The molecule has 0 aliphatic rings. The van der Waals surface area contributed by atoms with Gasteiger partial charge in [-0.15, -0.1) is 0 Å². The van der Waals surface area contributed by atoms with Crippen molar-refractivity contribution >= 4 is 51.7 Å². The van der Waals surface area contributed by atoms with Crippen LogP contribution in [0.25, 0.3) is 10.9 Å². The third-order valence-corrected chi connectivity index (χ3v) is 3.09. The van der Waals surface area contributed by atoms with Gasteiger partial charge < -0.3 is 11.1 Å². The third kappa shape index (κ3) is 2.43. The van der Waals surface area contributed by atoms with E-state index in [0.717, 1.165) is 5.39 Å². The quantitative estimate of drug-likeness (QED) is 0.756. The minimum absolute atomic E-state index is 0.0197. The van der Waals surface area contributed by atoms with E-state index in [1.807, 2.05) is 12.1 Å². The normalized spacial score (nSPS) is 10.7. The molecule has 1 aromatic carbocycles. The molecule has 0 aliphatic carbocycles. The molecule has 2 heterocycles. The van der Waals surface area contributed by atoms with Gasteiger partial charge in [0, 0.05) is 11.6 Å². The van der Waals surface area contributed by atoms with E-state index in [1.165, 1.54) is 0 Å². The van der Waals surface area contributed by atoms with Gasteiger partial charge in [-0.25, -0.2) is 0 Å². The predicted octanol–water partition coefficient (Wildman–Crippen LogP) is 3.05. The van der Waals surface area contributed by atoms with Crippen molar-refractivity contribution in [3.63, 3.8) is 0 Å². The lowest BCUT2D eigenvalue weighted by Gasteiger charge is -2.09. The Morgan fingerprint density at radius 1 is 1.05 bits per heavy atom. The summed E-state index contributed by atoms with van der Waals surface area (Å²) in [6.07, 6.45) is 1.68. The van der Waals surface area contributed by atoms with Crippen LogP contribution in [0.3, 0.4) is 0 Å². The van der Waals surface area contributed by atoms with E-state index in [1.54, 1.807) is 18.3 Å². The van der Waals surface area contributed by atoms with E-state index in [0.29, 0.717) is 16.2 Å². The van der Waals surface area contributed by atoms with Crippen LogP contribution in [0, 0.1) is 0 Å². The maximum atomic E-state index is 6.13. The van der Waals surface area contributed by atoms with Crippen molar-refractivity contribution in [2.45, 2.75) is 0 Å². The zero-order valence-corrected chi connectivity index (χ0v) is 11.5. The van der Waals surface area contributed by atoms with Gasteiger partial charge in [-0.2, -0.15) is 15.0 Å². The van der Waals surface area contributed by atoms with Crippen molar-refractivity contribution in [3.05, 3.63) is 40.8 Å². The average Bonchev–Trinajstić information content (AvgIpc) is 2.41. The predicted molar refractivity (Wildman–Crippen MR) is 79.3 cm³/mol. The number of rotatable bonds is 2. The van der Waals surface area contributed by atoms with Crippen LogP contribution in [0.5, 0.6) is 0 Å². The maximum absolute atomic E-state index is 6.13. The summed E-state index contributed by atoms with van der Waals surface area (Å²) in [5, 5.41) is 4.47. The Morgan fingerprint density at radius 2 is 1.90 bits per heavy atom. The first-order chi connectivity index (χ1) is 9.63. The maximum Gasteiger partial charge on any atom is 0.233 e. The molecule has 20 heavy (non-hydrogen) atoms. The Hall–Kier alpha value is -2.18. The molecular formula is C12H8Cl2N6. The van der Waals surface area contributed by atoms with Gasteiger partial charge in [0.15, 0.2) is 0 Å². The fraction of sp³-hybridized carbons (Fsp3) is 0. The van der Waals surface area contributed by atoms with Crippen molar-refractivity contribution in [1.82, 2.24) is 19.9 Å². The molecule has 0 atom stereocenters. The van der Waals surface area contributed by atoms with E-state index < -0.39 is 0 Å². The molecule has 100 valence electrons. The summed E-state index contributed by atoms with van der Waals surface area (Å²) in [4.78, 5) is 15.9. The van der Waals surface area contributed by atoms with Crippen molar-refractivity contribution in [3.8, 4) is 0 Å². The van der Waals surface area contributed by atoms with Gasteiger partial charge in [-0.05, 0) is 35.9 Å². The number of nitrogens with one attached hydrogen (secondary N) is 1. The molecule has 0 spiro atoms. The molecule has 0 bridgehead atoms. The third-order valence-electron chi connectivity index (χ3n) is 2.59. The number of hydrogen-bond donors (Lipinski definition) is 2. The number of benzene rings is 1. The van der Waals surface area contributed by atoms with Gasteiger partial charge in [0.2, 0.25) is 17.2 Å². The summed E-state index contributed by atoms with van der Waals surface area (Å²) < 4.78 is 0. The number of halogens is 2. The summed E-state index contributed by atoms with van der Waals surface area (Å²) in [7, 11) is 0. The van der Waals surface area contributed by atoms with Crippen molar-refractivity contribution in [1.29, 1.82) is 0 Å². The standard InChI is InChI=1S/C12H8Cl2N6/c13-7-3-4-8(9-6(7)2-1-5-16-9)17-12-19-10(14)18-11(15)20-12/h1-5H,(H3,15,17,18,19,20). The highest BCUT2D eigenvalue weighted by Gasteiger charge is 2.08. The summed E-state index contributed by atoms with van der Waals surface area (Å²) in [5.41, 5.74) is 6.93. The number of aromatic nitrogens is 4. The zero-order chi connectivity index (χ0) is 14.1. The number of nitrogen functional groups attached to an aromatic ring is 1. The Bertz CT molecular complexity index is 772. The van der Waals surface area contributed by atoms with Crippen LogP contribution in [0.1, 0.15) is 0 Å². The zero-order valence-electron chi connectivity index (χ0n) is 10.0. The average molecular weight is 307 g/mol. The Labute approximate surface area is 124 Å². The molecule has 0 aliphatic heterocycles. The minimum Gasteiger partial charge on any atom is -0.368 e. The lowest BCUT2D eigenvalue weighted by Crippen LogP contribution is -2.03. The topological polar surface area (TPSA) is 89.6 Å². The summed E-state index contributed by atoms with van der Waals surface area (Å²) in [5.74, 6) is 0.288. The molecule has 3 rings (SSSR count). The Kier molecular flexibility index (Phi) is 3.25. The highest BCUT2D eigenvalue weighted by atomic mass is 35.5. The lowest BCUT2D eigenvalue weighted by atomic mass is 10.2. The molecule has 0 saturated heterocycles. The van der Waals surface area contributed by atoms with Crippen molar-refractivity contribution in [2.75, 3.05) is 11.1 Å². The van der Waals surface area contributed by atoms with Crippen LogP contribution >= 0.6 is 23.2 Å². The van der Waals surface area contributed by atoms with Crippen LogP contribution in [0.15, 0.2) is 30.5 Å². The number of fused-ring (bicyclic) bond motifs is 1. The van der Waals surface area contributed by atoms with Crippen LogP contribution < -0.4 is 11.1 Å². The van der Waals surface area contributed by atoms with E-state index in [-0.39, 0.29) is 17.2 Å². The van der Waals surface area contributed by atoms with Crippen LogP contribution in [0.4, 0.5) is 17.6 Å². The second kappa shape index (κ2) is 5.07. The first kappa shape index (κ1) is 12.8. The number of nitrogens with zero attached hydrogens (tertiary/aromatic N) is 4. The smallest absolute Gasteiger partial charge is 0.233 e. The van der Waals surface area contributed by atoms with Crippen molar-refractivity contribution in [2.24, 2.45) is 0 Å². The first-order valence-corrected chi connectivity index (χ1v) is 6.36. The molecule has 0 saturated carbocycles. The fourth-order valence-electron chi connectivity index (χ4n) is 1.78. The Morgan fingerprint density at radius 3 is 2.70 bits per heavy atom. The van der Waals surface area contributed by atoms with Gasteiger partial charge >= 0.3 is 0 Å². The fourth-order valence-corrected chi connectivity index (χ4v) is 2.16. The highest BCUT2D eigenvalue weighted by Crippen LogP contribution is 2.29. The molecule has 0 radical (unpaired) electrons. The first-order valence-electron chi connectivity index (χ1n) is 5.61. The van der Waals surface area contributed by atoms with E-state index in [2.05, 4.69) is 25.3 Å². The molecule has 8 heteroatoms. The summed E-state index contributed by atoms with van der Waals surface area (Å²) >= 11 is 11.9. The SMILES string of the molecule is Nc1nc(Cl)nc(Nc2ccc(Cl)c3cccnc23)n1.